The van der Waals surface area contributed by atoms with E-state index in [-0.39, 0.29) is 137 Å². The number of hydrogen-bond acceptors (Lipinski definition) is 10. The van der Waals surface area contributed by atoms with Gasteiger partial charge in [-0.05, 0) is 74.2 Å². The number of hydrogen-bond donors (Lipinski definition) is 1. The van der Waals surface area contributed by atoms with Crippen molar-refractivity contribution in [2.75, 3.05) is 50.2 Å². The summed E-state index contributed by atoms with van der Waals surface area (Å²) < 4.78 is 45.8. The fourth-order valence-electron chi connectivity index (χ4n) is 4.57. The molecule has 20 heteroatoms. The third-order valence-corrected chi connectivity index (χ3v) is 9.35. The summed E-state index contributed by atoms with van der Waals surface area (Å²) in [5.74, 6) is 1.19. The van der Waals surface area contributed by atoms with E-state index in [9.17, 15) is 22.9 Å². The fraction of sp³-hybridized carbons (Fsp3) is 0.452. The van der Waals surface area contributed by atoms with Crippen LogP contribution in [-0.2, 0) is 32.9 Å². The number of carbonyl (C=O) groups is 3. The van der Waals surface area contributed by atoms with Crippen LogP contribution in [0.25, 0.3) is 5.53 Å². The van der Waals surface area contributed by atoms with Gasteiger partial charge in [0.15, 0.2) is 5.70 Å². The van der Waals surface area contributed by atoms with E-state index in [1.54, 1.807) is 39.6 Å². The second-order valence-electron chi connectivity index (χ2n) is 10.1. The summed E-state index contributed by atoms with van der Waals surface area (Å²) in [7, 11) is -1.29. The first kappa shape index (κ1) is 57.8. The molecule has 2 aromatic carbocycles. The molecule has 267 valence electrons. The van der Waals surface area contributed by atoms with E-state index < -0.39 is 19.2 Å². The van der Waals surface area contributed by atoms with Crippen molar-refractivity contribution < 1.29 is 156 Å². The molecule has 2 aromatic rings. The van der Waals surface area contributed by atoms with Crippen molar-refractivity contribution >= 4 is 74.0 Å². The van der Waals surface area contributed by atoms with Gasteiger partial charge in [0.25, 0.3) is 12.3 Å². The Morgan fingerprint density at radius 1 is 0.980 bits per heavy atom. The summed E-state index contributed by atoms with van der Waals surface area (Å²) >= 11 is 1.65. The van der Waals surface area contributed by atoms with Crippen LogP contribution in [0, 0.1) is 35.8 Å². The Morgan fingerprint density at radius 2 is 1.33 bits per heavy atom. The maximum atomic E-state index is 12.7. The first-order valence-corrected chi connectivity index (χ1v) is 17.4. The topological polar surface area (TPSA) is 162 Å². The predicted molar refractivity (Wildman–Crippen MR) is 192 cm³/mol. The molecular formula is C31H41B2F2IK2N4O8P. The predicted octanol–water partition coefficient (Wildman–Crippen LogP) is -2.91. The molecule has 0 spiro atoms. The molecule has 0 aromatic heterocycles. The molecule has 2 fully saturated rings. The Labute approximate surface area is 402 Å². The number of nitrogens with one attached hydrogen (secondary N) is 1. The van der Waals surface area contributed by atoms with Gasteiger partial charge < -0.3 is 45.9 Å². The van der Waals surface area contributed by atoms with Gasteiger partial charge in [-0.2, -0.15) is 22.4 Å². The molecule has 0 saturated carbocycles. The van der Waals surface area contributed by atoms with Crippen molar-refractivity contribution in [3.63, 3.8) is 0 Å². The summed E-state index contributed by atoms with van der Waals surface area (Å²) in [5.41, 5.74) is 15.1. The minimum Gasteiger partial charge on any atom is -1.00 e. The standard InChI is InChI=1S/C13H14FN.C12H14FNO.C5H11N2O4P.CH2O3.BI.B.2K.H/c1-2-11-7-9-15(10-8-11)13-5-3-12(14)4-6-13;13-11-1-3-12(4-2-11)14-7-5-10(9-15)6-8-14;1-4(8)5(7-6)12(9,10-2)11-3;2-1-4-3;1-2;;;;/h1,3-6,11H,7-10H2;1-4,9-10H,5-8H2;5,7H,1-3H3;1,3H;;;;;/q;;;;;;2*+1;-1/p-1. The maximum absolute atomic E-state index is 12.7. The zero-order chi connectivity index (χ0) is 36.5. The van der Waals surface area contributed by atoms with Gasteiger partial charge in [-0.15, -0.1) is 12.3 Å². The summed E-state index contributed by atoms with van der Waals surface area (Å²) in [6.45, 7) is 4.70. The van der Waals surface area contributed by atoms with Crippen LogP contribution >= 0.6 is 30.0 Å². The molecule has 2 saturated heterocycles. The summed E-state index contributed by atoms with van der Waals surface area (Å²) in [5, 5.41) is 10.0. The number of anilines is 2. The monoisotopic (exact) mass is 893 g/mol. The number of carbonyl (C=O) groups excluding carboxylic acids is 3. The van der Waals surface area contributed by atoms with E-state index >= 15 is 0 Å². The van der Waals surface area contributed by atoms with Crippen molar-refractivity contribution in [2.24, 2.45) is 11.8 Å². The van der Waals surface area contributed by atoms with E-state index in [4.69, 9.17) is 22.0 Å². The van der Waals surface area contributed by atoms with E-state index in [2.05, 4.69) is 35.4 Å². The van der Waals surface area contributed by atoms with Gasteiger partial charge in [0, 0.05) is 78.9 Å². The Balaban J connectivity index is -0.000000192. The van der Waals surface area contributed by atoms with Gasteiger partial charge in [0.2, 0.25) is 5.78 Å². The van der Waals surface area contributed by atoms with Gasteiger partial charge in [0.05, 0.1) is 0 Å². The number of piperidine rings is 2. The number of benzene rings is 2. The smallest absolute Gasteiger partial charge is 1.00 e. The molecular weight excluding hydrogens is 852 g/mol. The minimum atomic E-state index is -3.56. The molecule has 4 rings (SSSR count). The maximum Gasteiger partial charge on any atom is 1.00 e. The average Bonchev–Trinajstić information content (AvgIpc) is 3.14. The number of rotatable bonds is 9. The Hall–Kier alpha value is 0.113. The fourth-order valence-corrected chi connectivity index (χ4v) is 5.73. The van der Waals surface area contributed by atoms with E-state index in [0.717, 1.165) is 83.7 Å². The molecule has 2 aliphatic heterocycles. The minimum absolute atomic E-state index is 0. The molecule has 12 nitrogen and oxygen atoms in total. The molecule has 1 unspecified atom stereocenters. The van der Waals surface area contributed by atoms with Crippen LogP contribution in [0.1, 0.15) is 34.0 Å². The summed E-state index contributed by atoms with van der Waals surface area (Å²) in [6, 6.07) is 13.2. The molecule has 1 atom stereocenters. The Kier molecular flexibility index (Phi) is 39.2. The summed E-state index contributed by atoms with van der Waals surface area (Å²) in [6.07, 6.45) is 10.3. The van der Waals surface area contributed by atoms with Crippen molar-refractivity contribution in [1.29, 1.82) is 0 Å². The molecule has 51 heavy (non-hydrogen) atoms. The first-order valence-electron chi connectivity index (χ1n) is 14.5. The molecule has 0 aliphatic carbocycles. The third kappa shape index (κ3) is 22.9. The SMILES string of the molecule is C#CC1CCN(c2ccc(F)cc2)CC1.COP(=O)(OC)C([NH+]=[N-])C(C)=O.O=CC1CCN(c2ccc(F)cc2)CC1.O=CO[O-].[B].[B]I.[H-].[K+].[K+]. The van der Waals surface area contributed by atoms with Crippen molar-refractivity contribution in [3.8, 4) is 12.3 Å². The largest absolute Gasteiger partial charge is 1.00 e. The van der Waals surface area contributed by atoms with Crippen LogP contribution in [0.2, 0.25) is 0 Å². The number of aldehydes is 1. The van der Waals surface area contributed by atoms with Gasteiger partial charge in [-0.1, -0.05) is 0 Å². The van der Waals surface area contributed by atoms with Gasteiger partial charge in [0.1, 0.15) is 17.9 Å². The molecule has 2 aliphatic rings. The summed E-state index contributed by atoms with van der Waals surface area (Å²) in [4.78, 5) is 37.1. The van der Waals surface area contributed by atoms with E-state index in [1.165, 1.54) is 31.2 Å². The van der Waals surface area contributed by atoms with Crippen LogP contribution in [0.3, 0.4) is 0 Å². The number of Topliss-reactive ketones (excluding diaryl/α,β-unsaturated/α-hetero) is 1. The quantitative estimate of drug-likeness (QED) is 0.0404. The normalized spacial score (nSPS) is 14.2. The number of nitrogens with zero attached hydrogens (tertiary/aromatic N) is 3. The molecule has 2 heterocycles. The number of terminal acetylenes is 1. The second-order valence-corrected chi connectivity index (χ2v) is 12.4. The molecule has 0 amide bonds. The number of ketones is 1. The van der Waals surface area contributed by atoms with E-state index in [1.807, 2.05) is 12.1 Å². The van der Waals surface area contributed by atoms with Crippen LogP contribution in [0.4, 0.5) is 20.2 Å². The van der Waals surface area contributed by atoms with Gasteiger partial charge in [-0.25, -0.2) is 8.78 Å². The van der Waals surface area contributed by atoms with Crippen LogP contribution in [-0.4, -0.2) is 78.8 Å². The zero-order valence-corrected chi connectivity index (χ0v) is 38.9. The van der Waals surface area contributed by atoms with Gasteiger partial charge in [-0.3, -0.25) is 14.2 Å². The second kappa shape index (κ2) is 34.6. The van der Waals surface area contributed by atoms with Gasteiger partial charge >= 0.3 is 110 Å². The molecule has 5 radical (unpaired) electrons. The third-order valence-electron chi connectivity index (χ3n) is 7.22. The van der Waals surface area contributed by atoms with Crippen molar-refractivity contribution in [2.45, 2.75) is 38.4 Å². The van der Waals surface area contributed by atoms with Crippen LogP contribution in [0.15, 0.2) is 48.5 Å². The van der Waals surface area contributed by atoms with Crippen LogP contribution < -0.4 is 123 Å². The Bertz CT molecular complexity index is 1330. The Morgan fingerprint density at radius 3 is 1.57 bits per heavy atom. The van der Waals surface area contributed by atoms with Crippen molar-refractivity contribution in [3.05, 3.63) is 65.7 Å². The van der Waals surface area contributed by atoms with Crippen molar-refractivity contribution in [1.82, 2.24) is 0 Å². The molecule has 1 N–H and O–H groups in total. The van der Waals surface area contributed by atoms with Crippen LogP contribution in [0.5, 0.6) is 0 Å². The zero-order valence-electron chi connectivity index (χ0n) is 30.6. The average molecular weight is 893 g/mol. The molecule has 0 bridgehead atoms. The van der Waals surface area contributed by atoms with E-state index in [0.29, 0.717) is 5.92 Å². The first-order chi connectivity index (χ1) is 23.0. The number of halogens is 3.